The highest BCUT2D eigenvalue weighted by Gasteiger charge is 2.28. The van der Waals surface area contributed by atoms with Gasteiger partial charge in [-0.1, -0.05) is 37.0 Å². The highest BCUT2D eigenvalue weighted by molar-refractivity contribution is 7.84. The molecule has 1 atom stereocenters. The fraction of sp³-hybridized carbons (Fsp3) is 0.522. The number of carbonyl (C=O) groups is 1. The quantitative estimate of drug-likeness (QED) is 0.742. The first-order valence-corrected chi connectivity index (χ1v) is 12.0. The molecule has 0 bridgehead atoms. The number of benzene rings is 1. The van der Waals surface area contributed by atoms with Crippen LogP contribution in [0.15, 0.2) is 45.7 Å². The highest BCUT2D eigenvalue weighted by Crippen LogP contribution is 2.24. The summed E-state index contributed by atoms with van der Waals surface area (Å²) in [5.41, 5.74) is 1.14. The minimum atomic E-state index is -1.18. The summed E-state index contributed by atoms with van der Waals surface area (Å²) >= 11 is 0. The van der Waals surface area contributed by atoms with Crippen LogP contribution in [0.2, 0.25) is 0 Å². The molecule has 1 saturated heterocycles. The maximum Gasteiger partial charge on any atom is 0.289 e. The smallest absolute Gasteiger partial charge is 0.289 e. The van der Waals surface area contributed by atoms with Gasteiger partial charge in [-0.15, -0.1) is 0 Å². The summed E-state index contributed by atoms with van der Waals surface area (Å²) in [5, 5.41) is 0. The summed E-state index contributed by atoms with van der Waals surface area (Å²) in [4.78, 5) is 18.0. The molecule has 0 radical (unpaired) electrons. The van der Waals surface area contributed by atoms with E-state index >= 15 is 0 Å². The summed E-state index contributed by atoms with van der Waals surface area (Å²) in [5.74, 6) is 1.17. The van der Waals surface area contributed by atoms with E-state index in [1.165, 1.54) is 32.1 Å². The van der Waals surface area contributed by atoms with E-state index in [1.807, 2.05) is 36.1 Å². The van der Waals surface area contributed by atoms with Gasteiger partial charge < -0.3 is 9.32 Å². The monoisotopic (exact) mass is 414 g/mol. The van der Waals surface area contributed by atoms with Crippen molar-refractivity contribution < 1.29 is 13.4 Å². The normalized spacial score (nSPS) is 20.0. The summed E-state index contributed by atoms with van der Waals surface area (Å²) in [7, 11) is -1.18. The molecule has 0 unspecified atom stereocenters. The van der Waals surface area contributed by atoms with Crippen molar-refractivity contribution >= 4 is 16.7 Å². The lowest BCUT2D eigenvalue weighted by Gasteiger charge is -2.40. The Morgan fingerprint density at radius 2 is 1.69 bits per heavy atom. The number of hydrogen-bond donors (Lipinski definition) is 0. The predicted octanol–water partition coefficient (Wildman–Crippen LogP) is 3.99. The minimum Gasteiger partial charge on any atom is -0.455 e. The van der Waals surface area contributed by atoms with Crippen LogP contribution in [0.3, 0.4) is 0 Å². The third-order valence-corrected chi connectivity index (χ3v) is 7.47. The number of carbonyl (C=O) groups excluding carboxylic acids is 1. The van der Waals surface area contributed by atoms with Crippen LogP contribution >= 0.6 is 0 Å². The van der Waals surface area contributed by atoms with Gasteiger partial charge in [0.1, 0.15) is 5.76 Å². The summed E-state index contributed by atoms with van der Waals surface area (Å²) in [6, 6.07) is 11.9. The Kier molecular flexibility index (Phi) is 6.50. The van der Waals surface area contributed by atoms with E-state index in [-0.39, 0.29) is 11.7 Å². The molecule has 6 heteroatoms. The van der Waals surface area contributed by atoms with Gasteiger partial charge in [-0.05, 0) is 44.0 Å². The Labute approximate surface area is 175 Å². The third kappa shape index (κ3) is 4.98. The number of piperazine rings is 1. The summed E-state index contributed by atoms with van der Waals surface area (Å²) in [6.45, 7) is 5.40. The molecule has 0 N–H and O–H groups in total. The number of aryl methyl sites for hydroxylation is 1. The molecule has 4 rings (SSSR count). The fourth-order valence-electron chi connectivity index (χ4n) is 4.37. The molecule has 1 aromatic carbocycles. The number of hydrogen-bond acceptors (Lipinski definition) is 4. The van der Waals surface area contributed by atoms with Gasteiger partial charge in [0.25, 0.3) is 5.91 Å². The molecule has 0 spiro atoms. The van der Waals surface area contributed by atoms with Gasteiger partial charge in [-0.2, -0.15) is 0 Å². The van der Waals surface area contributed by atoms with E-state index in [4.69, 9.17) is 4.42 Å². The molecule has 2 fully saturated rings. The van der Waals surface area contributed by atoms with Crippen molar-refractivity contribution in [2.45, 2.75) is 55.7 Å². The van der Waals surface area contributed by atoms with Gasteiger partial charge in [0.15, 0.2) is 5.76 Å². The summed E-state index contributed by atoms with van der Waals surface area (Å²) < 4.78 is 18.3. The second-order valence-corrected chi connectivity index (χ2v) is 9.64. The van der Waals surface area contributed by atoms with Crippen molar-refractivity contribution in [3.05, 3.63) is 53.5 Å². The van der Waals surface area contributed by atoms with Crippen LogP contribution in [0.5, 0.6) is 0 Å². The number of amides is 1. The average Bonchev–Trinajstić information content (AvgIpc) is 3.23. The maximum absolute atomic E-state index is 12.8. The van der Waals surface area contributed by atoms with Gasteiger partial charge in [-0.3, -0.25) is 13.9 Å². The van der Waals surface area contributed by atoms with Crippen LogP contribution in [0, 0.1) is 6.92 Å². The zero-order valence-corrected chi connectivity index (χ0v) is 18.0. The van der Waals surface area contributed by atoms with E-state index in [1.54, 1.807) is 12.1 Å². The molecule has 156 valence electrons. The summed E-state index contributed by atoms with van der Waals surface area (Å²) in [6.07, 6.45) is 6.64. The van der Waals surface area contributed by atoms with E-state index in [2.05, 4.69) is 4.90 Å². The van der Waals surface area contributed by atoms with Crippen LogP contribution in [-0.2, 0) is 16.6 Å². The Bertz CT molecular complexity index is 847. The van der Waals surface area contributed by atoms with Crippen molar-refractivity contribution in [2.75, 3.05) is 26.2 Å². The highest BCUT2D eigenvalue weighted by atomic mass is 32.2. The Hall–Kier alpha value is -1.92. The third-order valence-electron chi connectivity index (χ3n) is 6.12. The maximum atomic E-state index is 12.8. The first-order valence-electron chi connectivity index (χ1n) is 10.7. The van der Waals surface area contributed by atoms with Gasteiger partial charge in [0, 0.05) is 37.1 Å². The standard InChI is InChI=1S/C23H30N2O3S/c1-18-7-10-21(11-8-18)29(27)17-20-9-12-22(28-20)23(26)25-15-13-24(14-16-25)19-5-3-2-4-6-19/h7-12,19H,2-6,13-17H2,1H3/t29-/m1/s1. The van der Waals surface area contributed by atoms with Crippen molar-refractivity contribution in [1.29, 1.82) is 0 Å². The SMILES string of the molecule is Cc1ccc([S@](=O)Cc2ccc(C(=O)N3CCN(C4CCCCC4)CC3)o2)cc1. The van der Waals surface area contributed by atoms with E-state index in [0.717, 1.165) is 36.6 Å². The Balaban J connectivity index is 1.31. The average molecular weight is 415 g/mol. The second kappa shape index (κ2) is 9.26. The zero-order valence-electron chi connectivity index (χ0n) is 17.1. The van der Waals surface area contributed by atoms with Crippen molar-refractivity contribution in [2.24, 2.45) is 0 Å². The van der Waals surface area contributed by atoms with Gasteiger partial charge >= 0.3 is 0 Å². The van der Waals surface area contributed by atoms with Crippen LogP contribution in [-0.4, -0.2) is 52.1 Å². The van der Waals surface area contributed by atoms with Crippen molar-refractivity contribution in [3.8, 4) is 0 Å². The molecule has 2 aromatic rings. The molecular formula is C23H30N2O3S. The molecule has 2 heterocycles. The van der Waals surface area contributed by atoms with Crippen molar-refractivity contribution in [3.63, 3.8) is 0 Å². The number of furan rings is 1. The van der Waals surface area contributed by atoms with Crippen LogP contribution in [0.1, 0.15) is 54.0 Å². The van der Waals surface area contributed by atoms with Crippen LogP contribution in [0.4, 0.5) is 0 Å². The van der Waals surface area contributed by atoms with Crippen molar-refractivity contribution in [1.82, 2.24) is 9.80 Å². The predicted molar refractivity (Wildman–Crippen MR) is 114 cm³/mol. The van der Waals surface area contributed by atoms with Gasteiger partial charge in [-0.25, -0.2) is 0 Å². The molecule has 5 nitrogen and oxygen atoms in total. The molecule has 29 heavy (non-hydrogen) atoms. The van der Waals surface area contributed by atoms with Gasteiger partial charge in [0.2, 0.25) is 0 Å². The van der Waals surface area contributed by atoms with Crippen LogP contribution < -0.4 is 0 Å². The molecule has 1 saturated carbocycles. The first kappa shape index (κ1) is 20.4. The van der Waals surface area contributed by atoms with E-state index in [9.17, 15) is 9.00 Å². The molecule has 1 amide bonds. The largest absolute Gasteiger partial charge is 0.455 e. The van der Waals surface area contributed by atoms with Crippen LogP contribution in [0.25, 0.3) is 0 Å². The molecule has 1 aromatic heterocycles. The number of rotatable bonds is 5. The minimum absolute atomic E-state index is 0.0549. The van der Waals surface area contributed by atoms with E-state index < -0.39 is 10.8 Å². The van der Waals surface area contributed by atoms with Gasteiger partial charge in [0.05, 0.1) is 16.6 Å². The molecular weight excluding hydrogens is 384 g/mol. The molecule has 2 aliphatic rings. The lowest BCUT2D eigenvalue weighted by molar-refractivity contribution is 0.0496. The molecule has 1 aliphatic heterocycles. The molecule has 1 aliphatic carbocycles. The fourth-order valence-corrected chi connectivity index (χ4v) is 5.39. The Morgan fingerprint density at radius 1 is 1.00 bits per heavy atom. The lowest BCUT2D eigenvalue weighted by atomic mass is 9.94. The number of nitrogens with zero attached hydrogens (tertiary/aromatic N) is 2. The first-order chi connectivity index (χ1) is 14.1. The second-order valence-electron chi connectivity index (χ2n) is 8.19. The topological polar surface area (TPSA) is 53.8 Å². The zero-order chi connectivity index (χ0) is 20.2. The Morgan fingerprint density at radius 3 is 2.38 bits per heavy atom. The lowest BCUT2D eigenvalue weighted by Crippen LogP contribution is -2.52. The van der Waals surface area contributed by atoms with E-state index in [0.29, 0.717) is 17.6 Å².